The largest absolute Gasteiger partial charge is 0.497 e. The first kappa shape index (κ1) is 16.1. The van der Waals surface area contributed by atoms with Crippen LogP contribution in [0, 0.1) is 5.92 Å². The summed E-state index contributed by atoms with van der Waals surface area (Å²) in [6, 6.07) is 10.1. The van der Waals surface area contributed by atoms with Crippen molar-refractivity contribution < 1.29 is 14.1 Å². The lowest BCUT2D eigenvalue weighted by Crippen LogP contribution is -2.47. The number of hydrogen-bond donors (Lipinski definition) is 0. The quantitative estimate of drug-likeness (QED) is 0.855. The fourth-order valence-electron chi connectivity index (χ4n) is 4.02. The highest BCUT2D eigenvalue weighted by molar-refractivity contribution is 5.92. The van der Waals surface area contributed by atoms with Crippen molar-refractivity contribution in [3.05, 3.63) is 47.9 Å². The lowest BCUT2D eigenvalue weighted by Gasteiger charge is -2.35. The van der Waals surface area contributed by atoms with Crippen molar-refractivity contribution in [2.24, 2.45) is 5.92 Å². The van der Waals surface area contributed by atoms with Crippen molar-refractivity contribution >= 4 is 5.91 Å². The summed E-state index contributed by atoms with van der Waals surface area (Å²) in [6.07, 6.45) is 3.71. The maximum absolute atomic E-state index is 12.7. The van der Waals surface area contributed by atoms with E-state index < -0.39 is 0 Å². The number of fused-ring (bicyclic) bond motifs is 4. The molecule has 25 heavy (non-hydrogen) atoms. The average molecular weight is 341 g/mol. The first-order valence-corrected chi connectivity index (χ1v) is 8.79. The summed E-state index contributed by atoms with van der Waals surface area (Å²) in [7, 11) is 1.68. The zero-order valence-corrected chi connectivity index (χ0v) is 14.4. The summed E-state index contributed by atoms with van der Waals surface area (Å²) < 4.78 is 10.1. The van der Waals surface area contributed by atoms with Crippen molar-refractivity contribution in [1.82, 2.24) is 15.0 Å². The first-order chi connectivity index (χ1) is 12.2. The van der Waals surface area contributed by atoms with Gasteiger partial charge < -0.3 is 14.2 Å². The maximum atomic E-state index is 12.7. The van der Waals surface area contributed by atoms with Crippen LogP contribution in [0.15, 0.2) is 41.1 Å². The lowest BCUT2D eigenvalue weighted by molar-refractivity contribution is 0.0574. The van der Waals surface area contributed by atoms with E-state index >= 15 is 0 Å². The van der Waals surface area contributed by atoms with E-state index in [0.717, 1.165) is 38.3 Å². The number of ether oxygens (including phenoxy) is 1. The molecular formula is C19H23N3O3. The molecule has 132 valence electrons. The molecule has 2 aromatic rings. The minimum atomic E-state index is -0.00486. The Hall–Kier alpha value is -2.34. The first-order valence-electron chi connectivity index (χ1n) is 8.79. The highest BCUT2D eigenvalue weighted by Crippen LogP contribution is 2.30. The van der Waals surface area contributed by atoms with Crippen molar-refractivity contribution in [2.45, 2.75) is 25.4 Å². The number of aromatic nitrogens is 1. The van der Waals surface area contributed by atoms with Gasteiger partial charge in [-0.3, -0.25) is 9.69 Å². The molecule has 0 aliphatic carbocycles. The Morgan fingerprint density at radius 3 is 2.76 bits per heavy atom. The number of carbonyl (C=O) groups excluding carboxylic acids is 1. The van der Waals surface area contributed by atoms with Crippen LogP contribution in [0.2, 0.25) is 0 Å². The van der Waals surface area contributed by atoms with Gasteiger partial charge in [-0.25, -0.2) is 0 Å². The second-order valence-corrected chi connectivity index (χ2v) is 6.98. The van der Waals surface area contributed by atoms with Gasteiger partial charge in [0.15, 0.2) is 5.69 Å². The molecule has 3 aliphatic heterocycles. The van der Waals surface area contributed by atoms with Gasteiger partial charge in [0.05, 0.1) is 7.11 Å². The van der Waals surface area contributed by atoms with E-state index in [4.69, 9.17) is 9.26 Å². The molecule has 6 heteroatoms. The Balaban J connectivity index is 1.46. The van der Waals surface area contributed by atoms with E-state index in [-0.39, 0.29) is 11.9 Å². The number of carbonyl (C=O) groups is 1. The third kappa shape index (κ3) is 3.39. The van der Waals surface area contributed by atoms with E-state index in [1.807, 2.05) is 17.0 Å². The van der Waals surface area contributed by atoms with Crippen LogP contribution in [0.1, 0.15) is 28.9 Å². The summed E-state index contributed by atoms with van der Waals surface area (Å²) >= 11 is 0. The molecule has 5 rings (SSSR count). The van der Waals surface area contributed by atoms with Crippen molar-refractivity contribution in [2.75, 3.05) is 26.7 Å². The number of hydrogen-bond acceptors (Lipinski definition) is 5. The van der Waals surface area contributed by atoms with Gasteiger partial charge in [0.25, 0.3) is 5.91 Å². The molecule has 0 saturated carbocycles. The maximum Gasteiger partial charge on any atom is 0.276 e. The fourth-order valence-corrected chi connectivity index (χ4v) is 4.02. The molecule has 0 unspecified atom stereocenters. The van der Waals surface area contributed by atoms with Crippen LogP contribution in [-0.4, -0.2) is 53.6 Å². The molecule has 1 aromatic heterocycles. The summed E-state index contributed by atoms with van der Waals surface area (Å²) in [4.78, 5) is 17.2. The molecule has 2 bridgehead atoms. The van der Waals surface area contributed by atoms with E-state index in [0.29, 0.717) is 11.6 Å². The Morgan fingerprint density at radius 2 is 2.04 bits per heavy atom. The Morgan fingerprint density at radius 1 is 1.20 bits per heavy atom. The van der Waals surface area contributed by atoms with Gasteiger partial charge in [-0.2, -0.15) is 0 Å². The molecule has 2 atom stereocenters. The average Bonchev–Trinajstić information content (AvgIpc) is 3.04. The zero-order chi connectivity index (χ0) is 17.2. The van der Waals surface area contributed by atoms with Gasteiger partial charge in [0.1, 0.15) is 12.0 Å². The summed E-state index contributed by atoms with van der Waals surface area (Å²) in [5, 5.41) is 3.82. The normalized spacial score (nSPS) is 23.5. The smallest absolute Gasteiger partial charge is 0.276 e. The highest BCUT2D eigenvalue weighted by atomic mass is 16.5. The third-order valence-electron chi connectivity index (χ3n) is 5.27. The van der Waals surface area contributed by atoms with Gasteiger partial charge in [0.2, 0.25) is 0 Å². The number of methoxy groups -OCH3 is 1. The second kappa shape index (κ2) is 6.88. The monoisotopic (exact) mass is 341 g/mol. The zero-order valence-electron chi connectivity index (χ0n) is 14.4. The van der Waals surface area contributed by atoms with E-state index in [1.54, 1.807) is 13.2 Å². The molecule has 0 spiro atoms. The van der Waals surface area contributed by atoms with Gasteiger partial charge in [-0.15, -0.1) is 0 Å². The van der Waals surface area contributed by atoms with Gasteiger partial charge in [-0.1, -0.05) is 17.3 Å². The number of rotatable bonds is 4. The highest BCUT2D eigenvalue weighted by Gasteiger charge is 2.38. The standard InChI is InChI=1S/C19H23N3O3/c1-24-17-6-3-14(4-7-17)10-21-11-15-2-5-16(13-21)22(12-15)19(23)18-8-9-25-20-18/h3-4,6-9,15-16H,2,5,10-13H2,1H3/t15-,16+/m0/s1. The van der Waals surface area contributed by atoms with Crippen LogP contribution in [0.3, 0.4) is 0 Å². The molecule has 0 N–H and O–H groups in total. The van der Waals surface area contributed by atoms with Gasteiger partial charge in [0, 0.05) is 38.3 Å². The predicted molar refractivity (Wildman–Crippen MR) is 92.3 cm³/mol. The molecule has 3 aliphatic rings. The minimum Gasteiger partial charge on any atom is -0.497 e. The Labute approximate surface area is 147 Å². The number of benzene rings is 1. The lowest BCUT2D eigenvalue weighted by atomic mass is 9.95. The molecule has 4 heterocycles. The van der Waals surface area contributed by atoms with Crippen LogP contribution in [0.5, 0.6) is 5.75 Å². The van der Waals surface area contributed by atoms with E-state index in [9.17, 15) is 4.79 Å². The van der Waals surface area contributed by atoms with Gasteiger partial charge in [-0.05, 0) is 36.5 Å². The van der Waals surface area contributed by atoms with Crippen LogP contribution >= 0.6 is 0 Å². The van der Waals surface area contributed by atoms with E-state index in [1.165, 1.54) is 18.2 Å². The van der Waals surface area contributed by atoms with Gasteiger partial charge >= 0.3 is 0 Å². The van der Waals surface area contributed by atoms with Crippen LogP contribution < -0.4 is 4.74 Å². The topological polar surface area (TPSA) is 58.8 Å². The molecule has 1 aromatic carbocycles. The minimum absolute atomic E-state index is 0.00486. The van der Waals surface area contributed by atoms with Crippen molar-refractivity contribution in [3.8, 4) is 5.75 Å². The Kier molecular flexibility index (Phi) is 4.44. The van der Waals surface area contributed by atoms with E-state index in [2.05, 4.69) is 22.2 Å². The van der Waals surface area contributed by atoms with Crippen LogP contribution in [-0.2, 0) is 6.54 Å². The summed E-state index contributed by atoms with van der Waals surface area (Å²) in [5.41, 5.74) is 1.69. The SMILES string of the molecule is COc1ccc(CN2C[C@@H]3CC[C@H](C2)N(C(=O)c2ccon2)C3)cc1. The molecular weight excluding hydrogens is 318 g/mol. The summed E-state index contributed by atoms with van der Waals surface area (Å²) in [6.45, 7) is 3.66. The van der Waals surface area contributed by atoms with Crippen molar-refractivity contribution in [3.63, 3.8) is 0 Å². The van der Waals surface area contributed by atoms with Crippen LogP contribution in [0.25, 0.3) is 0 Å². The predicted octanol–water partition coefficient (Wildman–Crippen LogP) is 2.42. The van der Waals surface area contributed by atoms with Crippen LogP contribution in [0.4, 0.5) is 0 Å². The van der Waals surface area contributed by atoms with Crippen molar-refractivity contribution in [1.29, 1.82) is 0 Å². The second-order valence-electron chi connectivity index (χ2n) is 6.98. The summed E-state index contributed by atoms with van der Waals surface area (Å²) in [5.74, 6) is 1.40. The molecule has 3 saturated heterocycles. The third-order valence-corrected chi connectivity index (χ3v) is 5.27. The molecule has 1 amide bonds. The Bertz CT molecular complexity index is 714. The number of amides is 1. The molecule has 0 radical (unpaired) electrons. The number of nitrogens with zero attached hydrogens (tertiary/aromatic N) is 3. The fraction of sp³-hybridized carbons (Fsp3) is 0.474. The number of piperidine rings is 1. The molecule has 3 fully saturated rings. The molecule has 6 nitrogen and oxygen atoms in total.